The number of benzene rings is 3. The molecule has 4 amide bonds. The Hall–Kier alpha value is -3.39. The predicted octanol–water partition coefficient (Wildman–Crippen LogP) is 4.33. The number of carbonyl (C=O) groups excluding carboxylic acids is 3. The molecule has 0 spiro atoms. The molecular formula is C24H22BrN3O4. The molecule has 0 aromatic heterocycles. The molecule has 1 fully saturated rings. The second-order valence-corrected chi connectivity index (χ2v) is 8.74. The fourth-order valence-electron chi connectivity index (χ4n) is 3.76. The van der Waals surface area contributed by atoms with Crippen LogP contribution in [0.25, 0.3) is 10.8 Å². The minimum atomic E-state index is -1.26. The average Bonchev–Trinajstić information content (AvgIpc) is 2.99. The van der Waals surface area contributed by atoms with Gasteiger partial charge in [-0.25, -0.2) is 4.79 Å². The number of fused-ring (bicyclic) bond motifs is 1. The number of ether oxygens (including phenoxy) is 1. The summed E-state index contributed by atoms with van der Waals surface area (Å²) in [7, 11) is 1.60. The number of hydrogen-bond donors (Lipinski definition) is 2. The summed E-state index contributed by atoms with van der Waals surface area (Å²) in [6.45, 7) is 3.18. The molecule has 1 heterocycles. The summed E-state index contributed by atoms with van der Waals surface area (Å²) in [5.41, 5.74) is 0.925. The molecule has 7 nitrogen and oxygen atoms in total. The van der Waals surface area contributed by atoms with Crippen molar-refractivity contribution in [2.24, 2.45) is 0 Å². The van der Waals surface area contributed by atoms with E-state index < -0.39 is 23.4 Å². The molecule has 0 unspecified atom stereocenters. The van der Waals surface area contributed by atoms with Gasteiger partial charge in [0.25, 0.3) is 5.91 Å². The van der Waals surface area contributed by atoms with Crippen LogP contribution in [0.1, 0.15) is 18.1 Å². The number of nitrogens with one attached hydrogen (secondary N) is 2. The van der Waals surface area contributed by atoms with Crippen LogP contribution in [0.5, 0.6) is 5.75 Å². The zero-order valence-electron chi connectivity index (χ0n) is 17.9. The van der Waals surface area contributed by atoms with Gasteiger partial charge in [0.05, 0.1) is 7.11 Å². The van der Waals surface area contributed by atoms with Crippen molar-refractivity contribution in [3.63, 3.8) is 0 Å². The number of nitrogens with zero attached hydrogens (tertiary/aromatic N) is 1. The molecule has 1 atom stereocenters. The van der Waals surface area contributed by atoms with Gasteiger partial charge in [0.15, 0.2) is 0 Å². The first-order valence-corrected chi connectivity index (χ1v) is 10.8. The molecule has 164 valence electrons. The first kappa shape index (κ1) is 21.8. The molecule has 0 saturated carbocycles. The molecule has 4 rings (SSSR count). The van der Waals surface area contributed by atoms with Crippen LogP contribution in [0, 0.1) is 6.92 Å². The number of anilines is 1. The van der Waals surface area contributed by atoms with Crippen molar-refractivity contribution in [2.75, 3.05) is 19.0 Å². The number of imide groups is 1. The molecule has 0 radical (unpaired) electrons. The van der Waals surface area contributed by atoms with E-state index in [2.05, 4.69) is 26.6 Å². The molecule has 3 aromatic carbocycles. The van der Waals surface area contributed by atoms with Crippen molar-refractivity contribution >= 4 is 50.2 Å². The Bertz CT molecular complexity index is 1260. The van der Waals surface area contributed by atoms with Crippen molar-refractivity contribution in [3.8, 4) is 5.75 Å². The van der Waals surface area contributed by atoms with Crippen LogP contribution in [-0.4, -0.2) is 36.4 Å². The largest absolute Gasteiger partial charge is 0.497 e. The summed E-state index contributed by atoms with van der Waals surface area (Å²) in [4.78, 5) is 39.3. The van der Waals surface area contributed by atoms with Gasteiger partial charge in [0, 0.05) is 10.2 Å². The van der Waals surface area contributed by atoms with Gasteiger partial charge in [-0.05, 0) is 72.1 Å². The molecule has 1 aliphatic rings. The van der Waals surface area contributed by atoms with Gasteiger partial charge in [0.2, 0.25) is 5.91 Å². The van der Waals surface area contributed by atoms with Crippen molar-refractivity contribution < 1.29 is 19.1 Å². The SMILES string of the molecule is COc1ccc2cc([C@@]3(C)NC(=O)N(CC(=O)Nc4ccc(Br)c(C)c4)C3=O)ccc2c1. The zero-order chi connectivity index (χ0) is 23.0. The Morgan fingerprint density at radius 2 is 1.81 bits per heavy atom. The van der Waals surface area contributed by atoms with Gasteiger partial charge < -0.3 is 15.4 Å². The van der Waals surface area contributed by atoms with Crippen LogP contribution in [0.15, 0.2) is 59.1 Å². The smallest absolute Gasteiger partial charge is 0.325 e. The molecular weight excluding hydrogens is 474 g/mol. The first-order chi connectivity index (χ1) is 15.2. The third-order valence-electron chi connectivity index (χ3n) is 5.64. The van der Waals surface area contributed by atoms with Crippen LogP contribution in [-0.2, 0) is 15.1 Å². The number of amides is 4. The monoisotopic (exact) mass is 495 g/mol. The summed E-state index contributed by atoms with van der Waals surface area (Å²) >= 11 is 3.41. The van der Waals surface area contributed by atoms with Crippen molar-refractivity contribution in [1.29, 1.82) is 0 Å². The molecule has 1 saturated heterocycles. The lowest BCUT2D eigenvalue weighted by molar-refractivity contribution is -0.133. The lowest BCUT2D eigenvalue weighted by Gasteiger charge is -2.22. The number of halogens is 1. The number of aryl methyl sites for hydroxylation is 1. The molecule has 8 heteroatoms. The number of hydrogen-bond acceptors (Lipinski definition) is 4. The van der Waals surface area contributed by atoms with E-state index in [9.17, 15) is 14.4 Å². The summed E-state index contributed by atoms with van der Waals surface area (Å²) < 4.78 is 6.18. The molecule has 32 heavy (non-hydrogen) atoms. The first-order valence-electron chi connectivity index (χ1n) is 9.99. The van der Waals surface area contributed by atoms with Gasteiger partial charge in [-0.15, -0.1) is 0 Å². The van der Waals surface area contributed by atoms with Crippen LogP contribution in [0.4, 0.5) is 10.5 Å². The quantitative estimate of drug-likeness (QED) is 0.515. The second kappa shape index (κ2) is 8.27. The lowest BCUT2D eigenvalue weighted by Crippen LogP contribution is -2.42. The predicted molar refractivity (Wildman–Crippen MR) is 126 cm³/mol. The van der Waals surface area contributed by atoms with E-state index in [1.807, 2.05) is 49.4 Å². The van der Waals surface area contributed by atoms with Crippen molar-refractivity contribution in [3.05, 3.63) is 70.2 Å². The van der Waals surface area contributed by atoms with E-state index in [-0.39, 0.29) is 6.54 Å². The maximum Gasteiger partial charge on any atom is 0.325 e. The Morgan fingerprint density at radius 3 is 2.53 bits per heavy atom. The van der Waals surface area contributed by atoms with Crippen LogP contribution >= 0.6 is 15.9 Å². The Morgan fingerprint density at radius 1 is 1.09 bits per heavy atom. The molecule has 0 bridgehead atoms. The molecule has 2 N–H and O–H groups in total. The van der Waals surface area contributed by atoms with E-state index in [1.54, 1.807) is 26.2 Å². The Balaban J connectivity index is 1.54. The molecule has 0 aliphatic carbocycles. The van der Waals surface area contributed by atoms with Crippen molar-refractivity contribution in [1.82, 2.24) is 10.2 Å². The minimum absolute atomic E-state index is 0.375. The fourth-order valence-corrected chi connectivity index (χ4v) is 4.01. The number of carbonyl (C=O) groups is 3. The highest BCUT2D eigenvalue weighted by Crippen LogP contribution is 2.32. The maximum absolute atomic E-state index is 13.2. The summed E-state index contributed by atoms with van der Waals surface area (Å²) in [6, 6.07) is 15.9. The van der Waals surface area contributed by atoms with Gasteiger partial charge in [-0.3, -0.25) is 14.5 Å². The van der Waals surface area contributed by atoms with Gasteiger partial charge in [-0.2, -0.15) is 0 Å². The van der Waals surface area contributed by atoms with E-state index in [4.69, 9.17) is 4.74 Å². The average molecular weight is 496 g/mol. The topological polar surface area (TPSA) is 87.7 Å². The summed E-state index contributed by atoms with van der Waals surface area (Å²) in [6.07, 6.45) is 0. The Labute approximate surface area is 193 Å². The van der Waals surface area contributed by atoms with Crippen molar-refractivity contribution in [2.45, 2.75) is 19.4 Å². The minimum Gasteiger partial charge on any atom is -0.497 e. The van der Waals surface area contributed by atoms with E-state index >= 15 is 0 Å². The van der Waals surface area contributed by atoms with Gasteiger partial charge >= 0.3 is 6.03 Å². The van der Waals surface area contributed by atoms with E-state index in [0.29, 0.717) is 11.3 Å². The number of methoxy groups -OCH3 is 1. The number of urea groups is 1. The van der Waals surface area contributed by atoms with Crippen LogP contribution in [0.2, 0.25) is 0 Å². The maximum atomic E-state index is 13.2. The fraction of sp³-hybridized carbons (Fsp3) is 0.208. The molecule has 1 aliphatic heterocycles. The normalized spacial score (nSPS) is 18.1. The van der Waals surface area contributed by atoms with Crippen LogP contribution in [0.3, 0.4) is 0 Å². The molecule has 3 aromatic rings. The lowest BCUT2D eigenvalue weighted by atomic mass is 9.90. The summed E-state index contributed by atoms with van der Waals surface area (Å²) in [5, 5.41) is 7.34. The zero-order valence-corrected chi connectivity index (χ0v) is 19.4. The van der Waals surface area contributed by atoms with Gasteiger partial charge in [-0.1, -0.05) is 34.1 Å². The van der Waals surface area contributed by atoms with E-state index in [0.717, 1.165) is 31.5 Å². The van der Waals surface area contributed by atoms with Gasteiger partial charge in [0.1, 0.15) is 17.8 Å². The second-order valence-electron chi connectivity index (χ2n) is 7.89. The van der Waals surface area contributed by atoms with Crippen LogP contribution < -0.4 is 15.4 Å². The highest BCUT2D eigenvalue weighted by atomic mass is 79.9. The third kappa shape index (κ3) is 3.93. The highest BCUT2D eigenvalue weighted by Gasteiger charge is 2.49. The standard InChI is InChI=1S/C24H22BrN3O4/c1-14-10-18(7-9-20(14)25)26-21(29)13-28-22(30)24(2,27-23(28)31)17-6-4-16-12-19(32-3)8-5-15(16)11-17/h4-12H,13H2,1-3H3,(H,26,29)(H,27,31)/t24-/m1/s1. The highest BCUT2D eigenvalue weighted by molar-refractivity contribution is 9.10. The van der Waals surface area contributed by atoms with E-state index in [1.165, 1.54) is 0 Å². The summed E-state index contributed by atoms with van der Waals surface area (Å²) in [5.74, 6) is -0.192. The Kier molecular flexibility index (Phi) is 5.64. The third-order valence-corrected chi connectivity index (χ3v) is 6.53. The number of rotatable bonds is 5.